The summed E-state index contributed by atoms with van der Waals surface area (Å²) in [7, 11) is 1.63. The highest BCUT2D eigenvalue weighted by molar-refractivity contribution is 5.94. The highest BCUT2D eigenvalue weighted by Crippen LogP contribution is 2.34. The number of nitrogens with zero attached hydrogens (tertiary/aromatic N) is 4. The fourth-order valence-electron chi connectivity index (χ4n) is 4.47. The predicted octanol–water partition coefficient (Wildman–Crippen LogP) is 3.16. The second kappa shape index (κ2) is 8.20. The summed E-state index contributed by atoms with van der Waals surface area (Å²) in [5.74, 6) is 2.94. The van der Waals surface area contributed by atoms with Crippen LogP contribution in [0.4, 0.5) is 6.01 Å². The van der Waals surface area contributed by atoms with E-state index in [9.17, 15) is 4.79 Å². The predicted molar refractivity (Wildman–Crippen MR) is 106 cm³/mol. The summed E-state index contributed by atoms with van der Waals surface area (Å²) in [6.45, 7) is 5.45. The summed E-state index contributed by atoms with van der Waals surface area (Å²) in [6, 6.07) is 8.04. The van der Waals surface area contributed by atoms with Crippen molar-refractivity contribution < 1.29 is 13.9 Å². The summed E-state index contributed by atoms with van der Waals surface area (Å²) < 4.78 is 10.7. The number of hydrogen-bond acceptors (Lipinski definition) is 6. The molecule has 2 aliphatic rings. The van der Waals surface area contributed by atoms with Crippen molar-refractivity contribution in [2.24, 2.45) is 11.8 Å². The molecule has 0 unspecified atom stereocenters. The van der Waals surface area contributed by atoms with E-state index in [-0.39, 0.29) is 5.91 Å². The zero-order valence-electron chi connectivity index (χ0n) is 16.6. The molecular weight excluding hydrogens is 356 g/mol. The maximum Gasteiger partial charge on any atom is 0.318 e. The van der Waals surface area contributed by atoms with Gasteiger partial charge in [0.1, 0.15) is 5.75 Å². The minimum Gasteiger partial charge on any atom is -0.497 e. The molecule has 1 aromatic carbocycles. The number of piperidine rings is 2. The normalized spacial score (nSPS) is 19.1. The smallest absolute Gasteiger partial charge is 0.318 e. The molecule has 1 aromatic heterocycles. The first-order valence-electron chi connectivity index (χ1n) is 10.1. The first kappa shape index (κ1) is 18.8. The van der Waals surface area contributed by atoms with E-state index in [0.29, 0.717) is 17.8 Å². The second-order valence-electron chi connectivity index (χ2n) is 7.79. The molecule has 0 saturated carbocycles. The van der Waals surface area contributed by atoms with E-state index >= 15 is 0 Å². The monoisotopic (exact) mass is 384 g/mol. The molecule has 150 valence electrons. The molecule has 0 bridgehead atoms. The third-order valence-corrected chi connectivity index (χ3v) is 6.16. The van der Waals surface area contributed by atoms with E-state index in [2.05, 4.69) is 15.1 Å². The van der Waals surface area contributed by atoms with Gasteiger partial charge in [-0.15, -0.1) is 5.10 Å². The first-order chi connectivity index (χ1) is 13.6. The van der Waals surface area contributed by atoms with E-state index in [4.69, 9.17) is 9.15 Å². The van der Waals surface area contributed by atoms with Crippen molar-refractivity contribution in [3.05, 3.63) is 35.7 Å². The Balaban J connectivity index is 1.26. The number of anilines is 1. The van der Waals surface area contributed by atoms with Crippen molar-refractivity contribution >= 4 is 11.9 Å². The Morgan fingerprint density at radius 2 is 1.61 bits per heavy atom. The van der Waals surface area contributed by atoms with Crippen LogP contribution in [-0.2, 0) is 0 Å². The Labute approximate surface area is 165 Å². The van der Waals surface area contributed by atoms with Crippen LogP contribution < -0.4 is 9.64 Å². The van der Waals surface area contributed by atoms with Gasteiger partial charge in [0.05, 0.1) is 7.11 Å². The van der Waals surface area contributed by atoms with Crippen molar-refractivity contribution in [1.82, 2.24) is 15.1 Å². The summed E-state index contributed by atoms with van der Waals surface area (Å²) in [5, 5.41) is 8.06. The lowest BCUT2D eigenvalue weighted by Gasteiger charge is -2.39. The van der Waals surface area contributed by atoms with Gasteiger partial charge in [0.25, 0.3) is 5.91 Å². The Bertz CT molecular complexity index is 788. The zero-order chi connectivity index (χ0) is 19.5. The van der Waals surface area contributed by atoms with Gasteiger partial charge in [-0.1, -0.05) is 5.10 Å². The molecule has 7 heteroatoms. The van der Waals surface area contributed by atoms with Gasteiger partial charge in [0.15, 0.2) is 0 Å². The van der Waals surface area contributed by atoms with Crippen LogP contribution in [0.25, 0.3) is 0 Å². The number of likely N-dealkylation sites (tertiary alicyclic amines) is 1. The average molecular weight is 384 g/mol. The molecular formula is C21H28N4O3. The quantitative estimate of drug-likeness (QED) is 0.806. The van der Waals surface area contributed by atoms with Crippen molar-refractivity contribution in [2.75, 3.05) is 38.2 Å². The van der Waals surface area contributed by atoms with Crippen LogP contribution in [-0.4, -0.2) is 54.3 Å². The second-order valence-corrected chi connectivity index (χ2v) is 7.79. The summed E-state index contributed by atoms with van der Waals surface area (Å²) in [5.41, 5.74) is 0.738. The third kappa shape index (κ3) is 3.98. The number of carbonyl (C=O) groups excluding carboxylic acids is 1. The molecule has 0 atom stereocenters. The number of hydrogen-bond donors (Lipinski definition) is 0. The number of aryl methyl sites for hydroxylation is 1. The minimum absolute atomic E-state index is 0.127. The fourth-order valence-corrected chi connectivity index (χ4v) is 4.47. The van der Waals surface area contributed by atoms with Gasteiger partial charge in [0.2, 0.25) is 5.89 Å². The highest BCUT2D eigenvalue weighted by Gasteiger charge is 2.32. The number of ether oxygens (including phenoxy) is 1. The number of amides is 1. The number of benzene rings is 1. The SMILES string of the molecule is COc1ccc(C(=O)N2CCC(C3CCN(c4nnc(C)o4)CC3)CC2)cc1. The Hall–Kier alpha value is -2.57. The molecule has 0 spiro atoms. The van der Waals surface area contributed by atoms with Crippen LogP contribution in [0.1, 0.15) is 41.9 Å². The van der Waals surface area contributed by atoms with Crippen LogP contribution in [0.2, 0.25) is 0 Å². The molecule has 2 saturated heterocycles. The zero-order valence-corrected chi connectivity index (χ0v) is 16.6. The van der Waals surface area contributed by atoms with Crippen LogP contribution >= 0.6 is 0 Å². The molecule has 0 N–H and O–H groups in total. The lowest BCUT2D eigenvalue weighted by molar-refractivity contribution is 0.0645. The number of rotatable bonds is 4. The Morgan fingerprint density at radius 3 is 2.14 bits per heavy atom. The van der Waals surface area contributed by atoms with Crippen molar-refractivity contribution in [1.29, 1.82) is 0 Å². The van der Waals surface area contributed by atoms with Gasteiger partial charge < -0.3 is 19.0 Å². The number of methoxy groups -OCH3 is 1. The van der Waals surface area contributed by atoms with Crippen LogP contribution in [0, 0.1) is 18.8 Å². The molecule has 0 aliphatic carbocycles. The molecule has 28 heavy (non-hydrogen) atoms. The van der Waals surface area contributed by atoms with E-state index < -0.39 is 0 Å². The minimum atomic E-state index is 0.127. The van der Waals surface area contributed by atoms with Crippen LogP contribution in [0.5, 0.6) is 5.75 Å². The highest BCUT2D eigenvalue weighted by atomic mass is 16.5. The van der Waals surface area contributed by atoms with Gasteiger partial charge in [-0.2, -0.15) is 0 Å². The molecule has 7 nitrogen and oxygen atoms in total. The fraction of sp³-hybridized carbons (Fsp3) is 0.571. The van der Waals surface area contributed by atoms with Crippen LogP contribution in [0.15, 0.2) is 28.7 Å². The Kier molecular flexibility index (Phi) is 5.50. The third-order valence-electron chi connectivity index (χ3n) is 6.16. The molecule has 0 radical (unpaired) electrons. The summed E-state index contributed by atoms with van der Waals surface area (Å²) >= 11 is 0. The molecule has 3 heterocycles. The van der Waals surface area contributed by atoms with E-state index in [1.54, 1.807) is 7.11 Å². The van der Waals surface area contributed by atoms with Crippen molar-refractivity contribution in [2.45, 2.75) is 32.6 Å². The Morgan fingerprint density at radius 1 is 1.00 bits per heavy atom. The summed E-state index contributed by atoms with van der Waals surface area (Å²) in [4.78, 5) is 16.9. The lowest BCUT2D eigenvalue weighted by atomic mass is 9.79. The molecule has 4 rings (SSSR count). The van der Waals surface area contributed by atoms with Gasteiger partial charge in [-0.3, -0.25) is 4.79 Å². The first-order valence-corrected chi connectivity index (χ1v) is 10.1. The van der Waals surface area contributed by atoms with Gasteiger partial charge in [-0.25, -0.2) is 0 Å². The van der Waals surface area contributed by atoms with Crippen LogP contribution in [0.3, 0.4) is 0 Å². The summed E-state index contributed by atoms with van der Waals surface area (Å²) in [6.07, 6.45) is 4.48. The molecule has 2 aliphatic heterocycles. The maximum atomic E-state index is 12.7. The van der Waals surface area contributed by atoms with Gasteiger partial charge in [0, 0.05) is 38.7 Å². The largest absolute Gasteiger partial charge is 0.497 e. The topological polar surface area (TPSA) is 71.7 Å². The number of aromatic nitrogens is 2. The van der Waals surface area contributed by atoms with Crippen molar-refractivity contribution in [3.63, 3.8) is 0 Å². The molecule has 2 aromatic rings. The van der Waals surface area contributed by atoms with E-state index in [1.807, 2.05) is 36.1 Å². The molecule has 2 fully saturated rings. The number of carbonyl (C=O) groups is 1. The van der Waals surface area contributed by atoms with E-state index in [1.165, 1.54) is 0 Å². The van der Waals surface area contributed by atoms with E-state index in [0.717, 1.165) is 69.1 Å². The van der Waals surface area contributed by atoms with Crippen molar-refractivity contribution in [3.8, 4) is 5.75 Å². The average Bonchev–Trinajstić information content (AvgIpc) is 3.20. The standard InChI is InChI=1S/C21H28N4O3/c1-15-22-23-21(28-15)25-13-9-17(10-14-25)16-7-11-24(12-8-16)20(26)18-3-5-19(27-2)6-4-18/h3-6,16-17H,7-14H2,1-2H3. The molecule has 1 amide bonds. The van der Waals surface area contributed by atoms with Gasteiger partial charge in [-0.05, 0) is 61.8 Å². The maximum absolute atomic E-state index is 12.7. The van der Waals surface area contributed by atoms with Gasteiger partial charge >= 0.3 is 6.01 Å². The lowest BCUT2D eigenvalue weighted by Crippen LogP contribution is -2.42.